The molecule has 0 N–H and O–H groups in total. The number of methoxy groups -OCH3 is 2. The van der Waals surface area contributed by atoms with Crippen LogP contribution in [0.2, 0.25) is 0 Å². The molecule has 0 rings (SSSR count). The minimum Gasteiger partial charge on any atom is -0.379 e. The molecule has 0 heterocycles. The summed E-state index contributed by atoms with van der Waals surface area (Å²) in [6.07, 6.45) is 0.326. The molecule has 4 heteroatoms. The highest BCUT2D eigenvalue weighted by Crippen LogP contribution is 2.16. The van der Waals surface area contributed by atoms with Gasteiger partial charge in [-0.1, -0.05) is 0 Å². The van der Waals surface area contributed by atoms with Crippen LogP contribution in [0.15, 0.2) is 10.9 Å². The van der Waals surface area contributed by atoms with Crippen LogP contribution >= 0.6 is 0 Å². The van der Waals surface area contributed by atoms with E-state index in [4.69, 9.17) is 9.47 Å². The molecule has 0 aliphatic carbocycles. The van der Waals surface area contributed by atoms with Crippen LogP contribution in [-0.2, 0) is 9.47 Å². The number of nitrogens with zero attached hydrogens (tertiary/aromatic N) is 1. The molecule has 84 valence electrons. The first kappa shape index (κ1) is 13.7. The lowest BCUT2D eigenvalue weighted by molar-refractivity contribution is 0.115. The molecule has 2 atom stereocenters. The second-order valence-corrected chi connectivity index (χ2v) is 4.80. The molecule has 0 radical (unpaired) electrons. The first-order valence-electron chi connectivity index (χ1n) is 4.89. The summed E-state index contributed by atoms with van der Waals surface area (Å²) in [5.41, 5.74) is 1.24. The van der Waals surface area contributed by atoms with Gasteiger partial charge >= 0.3 is 0 Å². The lowest BCUT2D eigenvalue weighted by Gasteiger charge is -2.27. The molecular weight excluding hydrogens is 194 g/mol. The van der Waals surface area contributed by atoms with Crippen molar-refractivity contribution >= 4 is 10.2 Å². The smallest absolute Gasteiger partial charge is 0.0935 e. The summed E-state index contributed by atoms with van der Waals surface area (Å²) in [5.74, 6) is 0. The number of hydrogen-bond acceptors (Lipinski definition) is 3. The lowest BCUT2D eigenvalue weighted by Crippen LogP contribution is -2.28. The van der Waals surface area contributed by atoms with Crippen LogP contribution in [0.5, 0.6) is 0 Å². The molecule has 0 aromatic carbocycles. The zero-order valence-electron chi connectivity index (χ0n) is 10.4. The van der Waals surface area contributed by atoms with E-state index >= 15 is 0 Å². The average Bonchev–Trinajstić information content (AvgIpc) is 2.15. The summed E-state index contributed by atoms with van der Waals surface area (Å²) >= 11 is 0. The third kappa shape index (κ3) is 3.44. The van der Waals surface area contributed by atoms with Gasteiger partial charge in [-0.05, 0) is 19.0 Å². The van der Waals surface area contributed by atoms with Crippen LogP contribution in [0.3, 0.4) is 0 Å². The van der Waals surface area contributed by atoms with Crippen molar-refractivity contribution in [2.75, 3.05) is 28.3 Å². The summed E-state index contributed by atoms with van der Waals surface area (Å²) in [7, 11) is 8.57. The van der Waals surface area contributed by atoms with Gasteiger partial charge in [0, 0.05) is 44.3 Å². The van der Waals surface area contributed by atoms with Crippen molar-refractivity contribution in [1.82, 2.24) is 4.90 Å². The Hall–Kier alpha value is -0.323. The summed E-state index contributed by atoms with van der Waals surface area (Å²) in [5, 5.41) is 1.35. The molecule has 0 aromatic heterocycles. The Bertz CT molecular complexity index is 204. The predicted molar refractivity (Wildman–Crippen MR) is 63.6 cm³/mol. The Morgan fingerprint density at radius 2 is 1.50 bits per heavy atom. The number of rotatable bonds is 5. The molecule has 0 aliphatic rings. The van der Waals surface area contributed by atoms with Crippen molar-refractivity contribution in [1.29, 1.82) is 0 Å². The summed E-state index contributed by atoms with van der Waals surface area (Å²) < 4.78 is 10.7. The van der Waals surface area contributed by atoms with Crippen molar-refractivity contribution < 1.29 is 9.47 Å². The lowest BCUT2D eigenvalue weighted by atomic mass is 10.2. The maximum absolute atomic E-state index is 5.36. The van der Waals surface area contributed by atoms with Crippen LogP contribution in [-0.4, -0.2) is 55.7 Å². The predicted octanol–water partition coefficient (Wildman–Crippen LogP) is 0.195. The largest absolute Gasteiger partial charge is 0.379 e. The first-order chi connectivity index (χ1) is 6.45. The monoisotopic (exact) mass is 217 g/mol. The molecule has 0 aromatic rings. The molecule has 0 fully saturated rings. The van der Waals surface area contributed by atoms with Gasteiger partial charge in [0.05, 0.1) is 12.2 Å². The van der Waals surface area contributed by atoms with Gasteiger partial charge < -0.3 is 14.4 Å². The Labute approximate surface area is 90.5 Å². The van der Waals surface area contributed by atoms with E-state index in [0.29, 0.717) is 0 Å². The van der Waals surface area contributed by atoms with Crippen molar-refractivity contribution in [2.45, 2.75) is 26.1 Å². The molecule has 0 saturated carbocycles. The molecule has 14 heavy (non-hydrogen) atoms. The van der Waals surface area contributed by atoms with E-state index in [1.165, 1.54) is 10.9 Å². The first-order valence-corrected chi connectivity index (χ1v) is 5.89. The SMILES string of the molecule is COC(C)C([SiH3])=C(C(C)OC)N(C)C. The Morgan fingerprint density at radius 3 is 1.79 bits per heavy atom. The Balaban J connectivity index is 4.94. The van der Waals surface area contributed by atoms with Crippen LogP contribution in [0.1, 0.15) is 13.8 Å². The van der Waals surface area contributed by atoms with Gasteiger partial charge in [0.15, 0.2) is 0 Å². The summed E-state index contributed by atoms with van der Waals surface area (Å²) in [6.45, 7) is 4.14. The summed E-state index contributed by atoms with van der Waals surface area (Å²) in [6, 6.07) is 0. The molecule has 0 bridgehead atoms. The number of likely N-dealkylation sites (N-methyl/N-ethyl adjacent to an activating group) is 1. The Kier molecular flexibility index (Phi) is 6.07. The van der Waals surface area contributed by atoms with E-state index in [2.05, 4.69) is 18.7 Å². The third-order valence-corrected chi connectivity index (χ3v) is 3.91. The minimum atomic E-state index is 0.134. The van der Waals surface area contributed by atoms with E-state index in [9.17, 15) is 0 Å². The highest BCUT2D eigenvalue weighted by Gasteiger charge is 2.16. The van der Waals surface area contributed by atoms with E-state index in [-0.39, 0.29) is 12.2 Å². The van der Waals surface area contributed by atoms with Crippen LogP contribution in [0.25, 0.3) is 0 Å². The van der Waals surface area contributed by atoms with E-state index in [1.807, 2.05) is 14.1 Å². The standard InChI is InChI=1S/C10H23NO2Si/c1-7(12-5)9(11(3)4)10(14)8(2)13-6/h7-8H,1-6,14H3. The van der Waals surface area contributed by atoms with Gasteiger partial charge in [0.1, 0.15) is 0 Å². The Morgan fingerprint density at radius 1 is 1.07 bits per heavy atom. The van der Waals surface area contributed by atoms with Crippen LogP contribution in [0, 0.1) is 0 Å². The molecule has 0 amide bonds. The molecule has 2 unspecified atom stereocenters. The highest BCUT2D eigenvalue weighted by atomic mass is 28.1. The number of hydrogen-bond donors (Lipinski definition) is 0. The normalized spacial score (nSPS) is 17.6. The molecule has 0 spiro atoms. The van der Waals surface area contributed by atoms with Gasteiger partial charge in [-0.25, -0.2) is 0 Å². The zero-order valence-corrected chi connectivity index (χ0v) is 12.4. The fourth-order valence-corrected chi connectivity index (χ4v) is 2.62. The van der Waals surface area contributed by atoms with Gasteiger partial charge in [0.25, 0.3) is 0 Å². The van der Waals surface area contributed by atoms with Gasteiger partial charge in [-0.15, -0.1) is 0 Å². The topological polar surface area (TPSA) is 21.7 Å². The maximum Gasteiger partial charge on any atom is 0.0935 e. The number of ether oxygens (including phenoxy) is 2. The van der Waals surface area contributed by atoms with E-state index in [0.717, 1.165) is 10.2 Å². The second kappa shape index (κ2) is 6.21. The van der Waals surface area contributed by atoms with Gasteiger partial charge in [-0.3, -0.25) is 0 Å². The van der Waals surface area contributed by atoms with Gasteiger partial charge in [0.2, 0.25) is 0 Å². The second-order valence-electron chi connectivity index (χ2n) is 3.72. The highest BCUT2D eigenvalue weighted by molar-refractivity contribution is 6.22. The zero-order chi connectivity index (χ0) is 11.3. The molecular formula is C10H23NO2Si. The molecule has 0 aliphatic heterocycles. The maximum atomic E-state index is 5.36. The van der Waals surface area contributed by atoms with Crippen LogP contribution < -0.4 is 0 Å². The fourth-order valence-electron chi connectivity index (χ4n) is 1.53. The van der Waals surface area contributed by atoms with E-state index in [1.54, 1.807) is 14.2 Å². The fraction of sp³-hybridized carbons (Fsp3) is 0.800. The van der Waals surface area contributed by atoms with Crippen molar-refractivity contribution in [2.24, 2.45) is 0 Å². The van der Waals surface area contributed by atoms with Crippen molar-refractivity contribution in [3.63, 3.8) is 0 Å². The minimum absolute atomic E-state index is 0.134. The molecule has 3 nitrogen and oxygen atoms in total. The van der Waals surface area contributed by atoms with Crippen LogP contribution in [0.4, 0.5) is 0 Å². The summed E-state index contributed by atoms with van der Waals surface area (Å²) in [4.78, 5) is 2.12. The van der Waals surface area contributed by atoms with Crippen molar-refractivity contribution in [3.8, 4) is 0 Å². The van der Waals surface area contributed by atoms with Gasteiger partial charge in [-0.2, -0.15) is 0 Å². The van der Waals surface area contributed by atoms with Crippen molar-refractivity contribution in [3.05, 3.63) is 10.9 Å². The average molecular weight is 217 g/mol. The third-order valence-electron chi connectivity index (χ3n) is 2.59. The molecule has 0 saturated heterocycles. The quantitative estimate of drug-likeness (QED) is 0.614. The van der Waals surface area contributed by atoms with E-state index < -0.39 is 0 Å².